The van der Waals surface area contributed by atoms with Crippen molar-refractivity contribution in [1.29, 1.82) is 0 Å². The van der Waals surface area contributed by atoms with Crippen molar-refractivity contribution in [1.82, 2.24) is 0 Å². The van der Waals surface area contributed by atoms with E-state index in [2.05, 4.69) is 6.92 Å². The zero-order valence-electron chi connectivity index (χ0n) is 6.09. The predicted octanol–water partition coefficient (Wildman–Crippen LogP) is 1.20. The van der Waals surface area contributed by atoms with E-state index in [9.17, 15) is 0 Å². The van der Waals surface area contributed by atoms with Gasteiger partial charge >= 0.3 is 0 Å². The van der Waals surface area contributed by atoms with Crippen LogP contribution in [-0.2, 0) is 9.47 Å². The molecule has 1 heterocycles. The lowest BCUT2D eigenvalue weighted by Crippen LogP contribution is -1.98. The highest BCUT2D eigenvalue weighted by Crippen LogP contribution is 2.23. The van der Waals surface area contributed by atoms with Gasteiger partial charge in [0.15, 0.2) is 0 Å². The first-order valence-corrected chi connectivity index (χ1v) is 3.57. The monoisotopic (exact) mass is 130 g/mol. The van der Waals surface area contributed by atoms with Gasteiger partial charge in [0.05, 0.1) is 12.2 Å². The van der Waals surface area contributed by atoms with E-state index >= 15 is 0 Å². The van der Waals surface area contributed by atoms with Crippen LogP contribution in [0.3, 0.4) is 0 Å². The van der Waals surface area contributed by atoms with Crippen molar-refractivity contribution in [2.24, 2.45) is 0 Å². The normalized spacial score (nSPS) is 32.7. The van der Waals surface area contributed by atoms with Crippen molar-refractivity contribution in [3.05, 3.63) is 0 Å². The molecule has 0 N–H and O–H groups in total. The summed E-state index contributed by atoms with van der Waals surface area (Å²) in [6.07, 6.45) is 2.05. The molecule has 2 nitrogen and oxygen atoms in total. The van der Waals surface area contributed by atoms with E-state index in [0.29, 0.717) is 12.2 Å². The first-order chi connectivity index (χ1) is 4.34. The van der Waals surface area contributed by atoms with Crippen molar-refractivity contribution in [3.63, 3.8) is 0 Å². The summed E-state index contributed by atoms with van der Waals surface area (Å²) in [7, 11) is 0. The summed E-state index contributed by atoms with van der Waals surface area (Å²) >= 11 is 0. The predicted molar refractivity (Wildman–Crippen MR) is 35.4 cm³/mol. The van der Waals surface area contributed by atoms with Gasteiger partial charge in [0.2, 0.25) is 0 Å². The minimum absolute atomic E-state index is 0.491. The molecular weight excluding hydrogens is 116 g/mol. The van der Waals surface area contributed by atoms with Gasteiger partial charge in [-0.05, 0) is 20.3 Å². The Kier molecular flexibility index (Phi) is 2.49. The van der Waals surface area contributed by atoms with E-state index in [4.69, 9.17) is 9.47 Å². The Labute approximate surface area is 56.2 Å². The first-order valence-electron chi connectivity index (χ1n) is 3.57. The van der Waals surface area contributed by atoms with E-state index in [-0.39, 0.29) is 0 Å². The highest BCUT2D eigenvalue weighted by atomic mass is 16.6. The molecule has 1 aliphatic heterocycles. The van der Waals surface area contributed by atoms with Gasteiger partial charge in [-0.15, -0.1) is 0 Å². The Morgan fingerprint density at radius 2 is 2.22 bits per heavy atom. The summed E-state index contributed by atoms with van der Waals surface area (Å²) in [5.41, 5.74) is 0. The summed E-state index contributed by atoms with van der Waals surface area (Å²) < 4.78 is 10.3. The lowest BCUT2D eigenvalue weighted by atomic mass is 10.3. The molecule has 1 saturated heterocycles. The van der Waals surface area contributed by atoms with Gasteiger partial charge in [0, 0.05) is 13.2 Å². The van der Waals surface area contributed by atoms with Crippen molar-refractivity contribution in [2.45, 2.75) is 32.5 Å². The lowest BCUT2D eigenvalue weighted by molar-refractivity contribution is 0.138. The van der Waals surface area contributed by atoms with Crippen LogP contribution >= 0.6 is 0 Å². The third kappa shape index (κ3) is 2.33. The van der Waals surface area contributed by atoms with Gasteiger partial charge in [-0.2, -0.15) is 0 Å². The van der Waals surface area contributed by atoms with Crippen LogP contribution in [0.25, 0.3) is 0 Å². The second-order valence-corrected chi connectivity index (χ2v) is 2.37. The van der Waals surface area contributed by atoms with Crippen LogP contribution in [0.4, 0.5) is 0 Å². The molecule has 0 aromatic rings. The topological polar surface area (TPSA) is 21.8 Å². The van der Waals surface area contributed by atoms with Crippen molar-refractivity contribution < 1.29 is 9.47 Å². The van der Waals surface area contributed by atoms with Gasteiger partial charge in [0.25, 0.3) is 0 Å². The van der Waals surface area contributed by atoms with Crippen molar-refractivity contribution >= 4 is 0 Å². The molecule has 54 valence electrons. The second-order valence-electron chi connectivity index (χ2n) is 2.37. The molecule has 1 fully saturated rings. The van der Waals surface area contributed by atoms with Crippen LogP contribution in [-0.4, -0.2) is 25.4 Å². The van der Waals surface area contributed by atoms with Crippen molar-refractivity contribution in [2.75, 3.05) is 13.2 Å². The van der Waals surface area contributed by atoms with Crippen molar-refractivity contribution in [3.8, 4) is 0 Å². The van der Waals surface area contributed by atoms with E-state index < -0.39 is 0 Å². The molecular formula is C7H14O2. The molecule has 2 heteroatoms. The Balaban J connectivity index is 1.83. The fourth-order valence-corrected chi connectivity index (χ4v) is 0.877. The van der Waals surface area contributed by atoms with E-state index in [1.165, 1.54) is 0 Å². The number of ether oxygens (including phenoxy) is 2. The third-order valence-electron chi connectivity index (χ3n) is 1.59. The Hall–Kier alpha value is -0.0800. The Morgan fingerprint density at radius 3 is 2.67 bits per heavy atom. The highest BCUT2D eigenvalue weighted by Gasteiger charge is 2.33. The van der Waals surface area contributed by atoms with Gasteiger partial charge in [-0.25, -0.2) is 0 Å². The SMILES string of the molecule is CCOCCC1OC1C. The van der Waals surface area contributed by atoms with Crippen LogP contribution in [0.1, 0.15) is 20.3 Å². The highest BCUT2D eigenvalue weighted by molar-refractivity contribution is 4.79. The number of epoxide rings is 1. The molecule has 0 amide bonds. The van der Waals surface area contributed by atoms with Gasteiger partial charge in [-0.1, -0.05) is 0 Å². The summed E-state index contributed by atoms with van der Waals surface area (Å²) in [6.45, 7) is 5.78. The van der Waals surface area contributed by atoms with Crippen LogP contribution in [0, 0.1) is 0 Å². The summed E-state index contributed by atoms with van der Waals surface area (Å²) in [4.78, 5) is 0. The molecule has 1 rings (SSSR count). The Bertz CT molecular complexity index is 83.0. The molecule has 0 bridgehead atoms. The number of hydrogen-bond acceptors (Lipinski definition) is 2. The summed E-state index contributed by atoms with van der Waals surface area (Å²) in [5.74, 6) is 0. The van der Waals surface area contributed by atoms with Crippen LogP contribution in [0.2, 0.25) is 0 Å². The molecule has 0 aromatic carbocycles. The average Bonchev–Trinajstić information content (AvgIpc) is 2.48. The molecule has 0 radical (unpaired) electrons. The molecule has 2 atom stereocenters. The lowest BCUT2D eigenvalue weighted by Gasteiger charge is -1.95. The maximum absolute atomic E-state index is 5.18. The maximum Gasteiger partial charge on any atom is 0.0860 e. The van der Waals surface area contributed by atoms with E-state index in [1.54, 1.807) is 0 Å². The third-order valence-corrected chi connectivity index (χ3v) is 1.59. The largest absolute Gasteiger partial charge is 0.382 e. The molecule has 0 aromatic heterocycles. The fourth-order valence-electron chi connectivity index (χ4n) is 0.877. The van der Waals surface area contributed by atoms with Crippen LogP contribution in [0.5, 0.6) is 0 Å². The Morgan fingerprint density at radius 1 is 1.56 bits per heavy atom. The van der Waals surface area contributed by atoms with Gasteiger partial charge in [-0.3, -0.25) is 0 Å². The summed E-state index contributed by atoms with van der Waals surface area (Å²) in [6, 6.07) is 0. The molecule has 9 heavy (non-hydrogen) atoms. The average molecular weight is 130 g/mol. The number of rotatable bonds is 4. The molecule has 0 saturated carbocycles. The van der Waals surface area contributed by atoms with Crippen LogP contribution in [0.15, 0.2) is 0 Å². The molecule has 0 aliphatic carbocycles. The number of hydrogen-bond donors (Lipinski definition) is 0. The summed E-state index contributed by atoms with van der Waals surface area (Å²) in [5, 5.41) is 0. The first kappa shape index (κ1) is 7.03. The van der Waals surface area contributed by atoms with Gasteiger partial charge < -0.3 is 9.47 Å². The molecule has 0 spiro atoms. The molecule has 2 unspecified atom stereocenters. The molecule has 1 aliphatic rings. The van der Waals surface area contributed by atoms with Crippen LogP contribution < -0.4 is 0 Å². The second kappa shape index (κ2) is 3.18. The van der Waals surface area contributed by atoms with Gasteiger partial charge in [0.1, 0.15) is 0 Å². The smallest absolute Gasteiger partial charge is 0.0860 e. The minimum Gasteiger partial charge on any atom is -0.382 e. The zero-order chi connectivity index (χ0) is 6.69. The van der Waals surface area contributed by atoms with E-state index in [1.807, 2.05) is 6.92 Å². The standard InChI is InChI=1S/C7H14O2/c1-3-8-5-4-7-6(2)9-7/h6-7H,3-5H2,1-2H3. The quantitative estimate of drug-likeness (QED) is 0.421. The fraction of sp³-hybridized carbons (Fsp3) is 1.00. The maximum atomic E-state index is 5.18. The zero-order valence-corrected chi connectivity index (χ0v) is 6.09. The van der Waals surface area contributed by atoms with E-state index in [0.717, 1.165) is 19.6 Å². The minimum atomic E-state index is 0.491.